The molecule has 0 aromatic carbocycles. The molecule has 0 unspecified atom stereocenters. The number of aryl methyl sites for hydroxylation is 2. The minimum atomic E-state index is -0.0740. The van der Waals surface area contributed by atoms with Crippen LogP contribution in [0.4, 0.5) is 0 Å². The summed E-state index contributed by atoms with van der Waals surface area (Å²) >= 11 is 0. The monoisotopic (exact) mass is 361 g/mol. The molecule has 1 saturated heterocycles. The third kappa shape index (κ3) is 4.65. The normalized spacial score (nSPS) is 20.7. The van der Waals surface area contributed by atoms with Gasteiger partial charge in [0.25, 0.3) is 0 Å². The second-order valence-electron chi connectivity index (χ2n) is 7.86. The summed E-state index contributed by atoms with van der Waals surface area (Å²) < 4.78 is 5.15. The molecule has 6 nitrogen and oxygen atoms in total. The summed E-state index contributed by atoms with van der Waals surface area (Å²) in [6.45, 7) is 5.67. The van der Waals surface area contributed by atoms with E-state index in [1.54, 1.807) is 0 Å². The molecule has 2 fully saturated rings. The number of likely N-dealkylation sites (tertiary alicyclic amines) is 1. The van der Waals surface area contributed by atoms with Gasteiger partial charge in [-0.15, -0.1) is 0 Å². The van der Waals surface area contributed by atoms with E-state index in [9.17, 15) is 9.59 Å². The number of hydrogen-bond donors (Lipinski definition) is 1. The molecule has 1 aliphatic carbocycles. The van der Waals surface area contributed by atoms with Crippen LogP contribution in [-0.4, -0.2) is 41.5 Å². The highest BCUT2D eigenvalue weighted by Gasteiger charge is 2.31. The molecule has 1 aliphatic heterocycles. The fraction of sp³-hybridized carbons (Fsp3) is 0.750. The van der Waals surface area contributed by atoms with Gasteiger partial charge in [-0.25, -0.2) is 0 Å². The highest BCUT2D eigenvalue weighted by Crippen LogP contribution is 2.29. The summed E-state index contributed by atoms with van der Waals surface area (Å²) in [5.41, 5.74) is 1.96. The lowest BCUT2D eigenvalue weighted by atomic mass is 10.0. The number of aromatic nitrogens is 1. The van der Waals surface area contributed by atoms with E-state index in [0.29, 0.717) is 26.1 Å². The van der Waals surface area contributed by atoms with E-state index in [0.717, 1.165) is 42.2 Å². The van der Waals surface area contributed by atoms with Crippen molar-refractivity contribution in [2.75, 3.05) is 19.6 Å². The molecule has 1 N–H and O–H groups in total. The van der Waals surface area contributed by atoms with E-state index in [4.69, 9.17) is 4.52 Å². The van der Waals surface area contributed by atoms with E-state index in [1.165, 1.54) is 25.7 Å². The smallest absolute Gasteiger partial charge is 0.224 e. The van der Waals surface area contributed by atoms with Gasteiger partial charge in [0.1, 0.15) is 5.76 Å². The maximum Gasteiger partial charge on any atom is 0.224 e. The van der Waals surface area contributed by atoms with E-state index in [1.807, 2.05) is 18.7 Å². The molecule has 2 aliphatic rings. The molecule has 1 aromatic rings. The van der Waals surface area contributed by atoms with E-state index < -0.39 is 0 Å². The molecule has 1 atom stereocenters. The summed E-state index contributed by atoms with van der Waals surface area (Å²) in [5, 5.41) is 6.94. The van der Waals surface area contributed by atoms with Crippen molar-refractivity contribution < 1.29 is 14.1 Å². The number of hydrogen-bond acceptors (Lipinski definition) is 4. The average Bonchev–Trinajstić information content (AvgIpc) is 3.37. The third-order valence-electron chi connectivity index (χ3n) is 6.01. The van der Waals surface area contributed by atoms with Crippen LogP contribution in [0.25, 0.3) is 0 Å². The van der Waals surface area contributed by atoms with Gasteiger partial charge in [0, 0.05) is 31.6 Å². The van der Waals surface area contributed by atoms with E-state index in [-0.39, 0.29) is 17.7 Å². The molecule has 3 rings (SSSR count). The largest absolute Gasteiger partial charge is 0.361 e. The van der Waals surface area contributed by atoms with Crippen molar-refractivity contribution >= 4 is 11.8 Å². The van der Waals surface area contributed by atoms with Crippen molar-refractivity contribution in [3.05, 3.63) is 17.0 Å². The van der Waals surface area contributed by atoms with Crippen molar-refractivity contribution in [2.24, 2.45) is 11.8 Å². The van der Waals surface area contributed by atoms with Crippen LogP contribution >= 0.6 is 0 Å². The van der Waals surface area contributed by atoms with Crippen molar-refractivity contribution in [2.45, 2.75) is 65.2 Å². The number of amides is 2. The lowest BCUT2D eigenvalue weighted by molar-refractivity contribution is -0.131. The Morgan fingerprint density at radius 1 is 1.23 bits per heavy atom. The van der Waals surface area contributed by atoms with Crippen LogP contribution in [0, 0.1) is 25.7 Å². The average molecular weight is 361 g/mol. The van der Waals surface area contributed by atoms with Crippen LogP contribution < -0.4 is 5.32 Å². The molecular formula is C20H31N3O3. The molecule has 6 heteroatoms. The van der Waals surface area contributed by atoms with Gasteiger partial charge in [0.2, 0.25) is 11.8 Å². The Bertz CT molecular complexity index is 615. The molecule has 26 heavy (non-hydrogen) atoms. The van der Waals surface area contributed by atoms with Crippen molar-refractivity contribution in [1.82, 2.24) is 15.4 Å². The zero-order valence-electron chi connectivity index (χ0n) is 16.1. The topological polar surface area (TPSA) is 75.4 Å². The zero-order chi connectivity index (χ0) is 18.5. The van der Waals surface area contributed by atoms with Gasteiger partial charge in [-0.1, -0.05) is 30.8 Å². The first-order chi connectivity index (χ1) is 12.5. The van der Waals surface area contributed by atoms with E-state index in [2.05, 4.69) is 10.5 Å². The standard InChI is InChI=1S/C20H31N3O3/c1-14-18(15(2)26-22-14)9-11-21-20(25)17-10-12-23(13-17)19(24)8-7-16-5-3-4-6-16/h16-17H,3-13H2,1-2H3,(H,21,25)/t17-/m1/s1. The second-order valence-corrected chi connectivity index (χ2v) is 7.86. The van der Waals surface area contributed by atoms with Crippen LogP contribution in [0.3, 0.4) is 0 Å². The molecular weight excluding hydrogens is 330 g/mol. The summed E-state index contributed by atoms with van der Waals surface area (Å²) in [7, 11) is 0. The minimum Gasteiger partial charge on any atom is -0.361 e. The van der Waals surface area contributed by atoms with Crippen LogP contribution in [0.1, 0.15) is 62.0 Å². The molecule has 1 saturated carbocycles. The fourth-order valence-electron chi connectivity index (χ4n) is 4.30. The Balaban J connectivity index is 1.37. The third-order valence-corrected chi connectivity index (χ3v) is 6.01. The highest BCUT2D eigenvalue weighted by atomic mass is 16.5. The number of rotatable bonds is 7. The predicted molar refractivity (Wildman–Crippen MR) is 98.6 cm³/mol. The lowest BCUT2D eigenvalue weighted by Crippen LogP contribution is -2.35. The summed E-state index contributed by atoms with van der Waals surface area (Å²) in [5.74, 6) is 1.77. The Labute approximate surface area is 155 Å². The Hall–Kier alpha value is -1.85. The summed E-state index contributed by atoms with van der Waals surface area (Å²) in [4.78, 5) is 26.7. The number of carbonyl (C=O) groups is 2. The van der Waals surface area contributed by atoms with Gasteiger partial charge in [-0.05, 0) is 39.0 Å². The van der Waals surface area contributed by atoms with Crippen molar-refractivity contribution in [3.63, 3.8) is 0 Å². The molecule has 2 amide bonds. The number of nitrogens with one attached hydrogen (secondary N) is 1. The fourth-order valence-corrected chi connectivity index (χ4v) is 4.30. The van der Waals surface area contributed by atoms with Gasteiger partial charge in [0.15, 0.2) is 0 Å². The Morgan fingerprint density at radius 2 is 2.00 bits per heavy atom. The quantitative estimate of drug-likeness (QED) is 0.810. The first-order valence-electron chi connectivity index (χ1n) is 10.0. The van der Waals surface area contributed by atoms with Crippen LogP contribution in [-0.2, 0) is 16.0 Å². The van der Waals surface area contributed by atoms with Crippen LogP contribution in [0.2, 0.25) is 0 Å². The highest BCUT2D eigenvalue weighted by molar-refractivity contribution is 5.82. The van der Waals surface area contributed by atoms with Gasteiger partial charge < -0.3 is 14.7 Å². The van der Waals surface area contributed by atoms with Crippen molar-refractivity contribution in [1.29, 1.82) is 0 Å². The molecule has 144 valence electrons. The van der Waals surface area contributed by atoms with Gasteiger partial charge in [0.05, 0.1) is 11.6 Å². The number of nitrogens with zero attached hydrogens (tertiary/aromatic N) is 2. The van der Waals surface area contributed by atoms with E-state index >= 15 is 0 Å². The van der Waals surface area contributed by atoms with Crippen molar-refractivity contribution in [3.8, 4) is 0 Å². The Kier molecular flexibility index (Phi) is 6.33. The molecule has 0 bridgehead atoms. The maximum absolute atomic E-state index is 12.4. The summed E-state index contributed by atoms with van der Waals surface area (Å²) in [6.07, 6.45) is 8.36. The molecule has 0 radical (unpaired) electrons. The molecule has 0 spiro atoms. The number of carbonyl (C=O) groups excluding carboxylic acids is 2. The second kappa shape index (κ2) is 8.69. The SMILES string of the molecule is Cc1noc(C)c1CCNC(=O)[C@@H]1CCN(C(=O)CCC2CCCC2)C1. The molecule has 1 aromatic heterocycles. The maximum atomic E-state index is 12.4. The molecule has 2 heterocycles. The van der Waals surface area contributed by atoms with Crippen LogP contribution in [0.15, 0.2) is 4.52 Å². The first-order valence-corrected chi connectivity index (χ1v) is 10.0. The first kappa shape index (κ1) is 18.9. The Morgan fingerprint density at radius 3 is 2.69 bits per heavy atom. The lowest BCUT2D eigenvalue weighted by Gasteiger charge is -2.17. The minimum absolute atomic E-state index is 0.0582. The van der Waals surface area contributed by atoms with Gasteiger partial charge >= 0.3 is 0 Å². The van der Waals surface area contributed by atoms with Crippen LogP contribution in [0.5, 0.6) is 0 Å². The predicted octanol–water partition coefficient (Wildman–Crippen LogP) is 2.77. The summed E-state index contributed by atoms with van der Waals surface area (Å²) in [6, 6.07) is 0. The zero-order valence-corrected chi connectivity index (χ0v) is 16.1. The van der Waals surface area contributed by atoms with Gasteiger partial charge in [-0.3, -0.25) is 9.59 Å². The van der Waals surface area contributed by atoms with Gasteiger partial charge in [-0.2, -0.15) is 0 Å².